The second kappa shape index (κ2) is 8.42. The van der Waals surface area contributed by atoms with Crippen LogP contribution in [-0.4, -0.2) is 74.1 Å². The number of sulfonamides is 1. The minimum Gasteiger partial charge on any atom is -0.493 e. The molecule has 29 heavy (non-hydrogen) atoms. The Hall–Kier alpha value is -2.59. The van der Waals surface area contributed by atoms with E-state index in [0.717, 1.165) is 0 Å². The fourth-order valence-corrected chi connectivity index (χ4v) is 5.34. The largest absolute Gasteiger partial charge is 0.493 e. The van der Waals surface area contributed by atoms with Crippen LogP contribution in [0, 0.1) is 13.8 Å². The summed E-state index contributed by atoms with van der Waals surface area (Å²) in [5.41, 5.74) is 1.44. The number of carbonyl (C=O) groups is 1. The van der Waals surface area contributed by atoms with Gasteiger partial charge < -0.3 is 14.4 Å². The molecule has 1 saturated heterocycles. The molecule has 2 heterocycles. The first-order chi connectivity index (χ1) is 13.8. The van der Waals surface area contributed by atoms with Gasteiger partial charge in [-0.3, -0.25) is 9.89 Å². The van der Waals surface area contributed by atoms with Crippen LogP contribution in [0.15, 0.2) is 23.1 Å². The van der Waals surface area contributed by atoms with E-state index in [4.69, 9.17) is 9.47 Å². The molecule has 0 spiro atoms. The first kappa shape index (κ1) is 21.1. The van der Waals surface area contributed by atoms with E-state index in [9.17, 15) is 13.2 Å². The molecule has 3 rings (SSSR count). The van der Waals surface area contributed by atoms with Crippen molar-refractivity contribution in [3.05, 3.63) is 35.2 Å². The maximum Gasteiger partial charge on any atom is 0.254 e. The van der Waals surface area contributed by atoms with Gasteiger partial charge in [0, 0.05) is 31.7 Å². The Balaban J connectivity index is 1.77. The summed E-state index contributed by atoms with van der Waals surface area (Å²) in [6.45, 7) is 4.72. The van der Waals surface area contributed by atoms with Crippen LogP contribution in [0.4, 0.5) is 0 Å². The average molecular weight is 423 g/mol. The zero-order valence-electron chi connectivity index (χ0n) is 17.1. The molecule has 1 aliphatic heterocycles. The van der Waals surface area contributed by atoms with Crippen molar-refractivity contribution in [2.45, 2.75) is 25.2 Å². The van der Waals surface area contributed by atoms with Gasteiger partial charge in [0.25, 0.3) is 5.91 Å². The highest BCUT2D eigenvalue weighted by Crippen LogP contribution is 2.28. The SMILES string of the molecule is COc1ccc(C(=O)N2CCCN(S(=O)(=O)c3c(C)n[nH]c3C)CC2)cc1OC. The van der Waals surface area contributed by atoms with Crippen molar-refractivity contribution >= 4 is 15.9 Å². The standard InChI is InChI=1S/C19H26N4O5S/c1-13-18(14(2)21-20-13)29(25,26)23-9-5-8-22(10-11-23)19(24)15-6-7-16(27-3)17(12-15)28-4/h6-7,12H,5,8-11H2,1-4H3,(H,20,21). The maximum atomic E-state index is 13.1. The van der Waals surface area contributed by atoms with Crippen LogP contribution in [0.2, 0.25) is 0 Å². The minimum atomic E-state index is -3.67. The normalized spacial score (nSPS) is 15.8. The number of aromatic nitrogens is 2. The molecule has 0 bridgehead atoms. The summed E-state index contributed by atoms with van der Waals surface area (Å²) >= 11 is 0. The van der Waals surface area contributed by atoms with E-state index >= 15 is 0 Å². The number of benzene rings is 1. The summed E-state index contributed by atoms with van der Waals surface area (Å²) in [5.74, 6) is 0.854. The summed E-state index contributed by atoms with van der Waals surface area (Å²) < 4.78 is 38.1. The van der Waals surface area contributed by atoms with E-state index in [2.05, 4.69) is 10.2 Å². The van der Waals surface area contributed by atoms with Gasteiger partial charge in [0.15, 0.2) is 11.5 Å². The third-order valence-corrected chi connectivity index (χ3v) is 7.19. The van der Waals surface area contributed by atoms with Crippen molar-refractivity contribution < 1.29 is 22.7 Å². The molecule has 1 aromatic heterocycles. The van der Waals surface area contributed by atoms with Crippen LogP contribution in [0.3, 0.4) is 0 Å². The lowest BCUT2D eigenvalue weighted by atomic mass is 10.1. The van der Waals surface area contributed by atoms with Crippen LogP contribution < -0.4 is 9.47 Å². The highest BCUT2D eigenvalue weighted by molar-refractivity contribution is 7.89. The van der Waals surface area contributed by atoms with Crippen LogP contribution in [0.1, 0.15) is 28.2 Å². The number of hydrogen-bond donors (Lipinski definition) is 1. The van der Waals surface area contributed by atoms with E-state index < -0.39 is 10.0 Å². The predicted octanol–water partition coefficient (Wildman–Crippen LogP) is 1.58. The van der Waals surface area contributed by atoms with E-state index in [1.165, 1.54) is 18.5 Å². The summed E-state index contributed by atoms with van der Waals surface area (Å²) in [6, 6.07) is 5.01. The Kier molecular flexibility index (Phi) is 6.13. The molecule has 1 aromatic carbocycles. The van der Waals surface area contributed by atoms with E-state index in [0.29, 0.717) is 54.5 Å². The van der Waals surface area contributed by atoms with Gasteiger partial charge in [-0.2, -0.15) is 9.40 Å². The van der Waals surface area contributed by atoms with Gasteiger partial charge in [0.05, 0.1) is 25.6 Å². The molecular formula is C19H26N4O5S. The van der Waals surface area contributed by atoms with Crippen molar-refractivity contribution in [3.63, 3.8) is 0 Å². The van der Waals surface area contributed by atoms with Crippen molar-refractivity contribution in [2.75, 3.05) is 40.4 Å². The molecule has 1 N–H and O–H groups in total. The molecule has 2 aromatic rings. The first-order valence-electron chi connectivity index (χ1n) is 9.32. The van der Waals surface area contributed by atoms with Crippen molar-refractivity contribution in [3.8, 4) is 11.5 Å². The number of nitrogens with zero attached hydrogens (tertiary/aromatic N) is 3. The maximum absolute atomic E-state index is 13.1. The molecule has 1 amide bonds. The Morgan fingerprint density at radius 2 is 1.79 bits per heavy atom. The summed E-state index contributed by atoms with van der Waals surface area (Å²) in [4.78, 5) is 14.9. The Labute approximate surface area is 170 Å². The third kappa shape index (κ3) is 4.08. The monoisotopic (exact) mass is 422 g/mol. The topological polar surface area (TPSA) is 105 Å². The van der Waals surface area contributed by atoms with Crippen LogP contribution in [0.5, 0.6) is 11.5 Å². The molecule has 0 unspecified atom stereocenters. The minimum absolute atomic E-state index is 0.166. The van der Waals surface area contributed by atoms with Crippen molar-refractivity contribution in [2.24, 2.45) is 0 Å². The quantitative estimate of drug-likeness (QED) is 0.784. The number of H-pyrrole nitrogens is 1. The zero-order valence-corrected chi connectivity index (χ0v) is 17.9. The van der Waals surface area contributed by atoms with Gasteiger partial charge in [-0.15, -0.1) is 0 Å². The molecule has 10 heteroatoms. The summed E-state index contributed by atoms with van der Waals surface area (Å²) in [7, 11) is -0.623. The summed E-state index contributed by atoms with van der Waals surface area (Å²) in [5, 5.41) is 6.72. The zero-order chi connectivity index (χ0) is 21.2. The molecule has 0 radical (unpaired) electrons. The number of amides is 1. The van der Waals surface area contributed by atoms with Gasteiger partial charge in [0.2, 0.25) is 10.0 Å². The van der Waals surface area contributed by atoms with E-state index in [-0.39, 0.29) is 17.3 Å². The number of nitrogens with one attached hydrogen (secondary N) is 1. The number of aryl methyl sites for hydroxylation is 2. The predicted molar refractivity (Wildman–Crippen MR) is 107 cm³/mol. The van der Waals surface area contributed by atoms with E-state index in [1.54, 1.807) is 36.9 Å². The lowest BCUT2D eigenvalue weighted by molar-refractivity contribution is 0.0764. The lowest BCUT2D eigenvalue weighted by Gasteiger charge is -2.22. The van der Waals surface area contributed by atoms with Crippen molar-refractivity contribution in [1.29, 1.82) is 0 Å². The van der Waals surface area contributed by atoms with Crippen LogP contribution in [-0.2, 0) is 10.0 Å². The van der Waals surface area contributed by atoms with E-state index in [1.807, 2.05) is 0 Å². The molecule has 0 aliphatic carbocycles. The molecule has 1 aliphatic rings. The van der Waals surface area contributed by atoms with Gasteiger partial charge >= 0.3 is 0 Å². The fourth-order valence-electron chi connectivity index (χ4n) is 3.54. The molecule has 158 valence electrons. The molecule has 1 fully saturated rings. The number of carbonyl (C=O) groups excluding carboxylic acids is 1. The number of ether oxygens (including phenoxy) is 2. The Morgan fingerprint density at radius 1 is 1.07 bits per heavy atom. The van der Waals surface area contributed by atoms with Gasteiger partial charge in [0.1, 0.15) is 4.90 Å². The second-order valence-electron chi connectivity index (χ2n) is 6.88. The van der Waals surface area contributed by atoms with Crippen molar-refractivity contribution in [1.82, 2.24) is 19.4 Å². The Bertz CT molecular complexity index is 983. The molecule has 0 saturated carbocycles. The lowest BCUT2D eigenvalue weighted by Crippen LogP contribution is -2.37. The number of rotatable bonds is 5. The summed E-state index contributed by atoms with van der Waals surface area (Å²) in [6.07, 6.45) is 0.550. The highest BCUT2D eigenvalue weighted by Gasteiger charge is 2.32. The van der Waals surface area contributed by atoms with Gasteiger partial charge in [-0.05, 0) is 38.5 Å². The fraction of sp³-hybridized carbons (Fsp3) is 0.474. The second-order valence-corrected chi connectivity index (χ2v) is 8.76. The molecule has 9 nitrogen and oxygen atoms in total. The van der Waals surface area contributed by atoms with Gasteiger partial charge in [-0.25, -0.2) is 8.42 Å². The van der Waals surface area contributed by atoms with Gasteiger partial charge in [-0.1, -0.05) is 0 Å². The number of aromatic amines is 1. The third-order valence-electron chi connectivity index (χ3n) is 5.03. The smallest absolute Gasteiger partial charge is 0.254 e. The first-order valence-corrected chi connectivity index (χ1v) is 10.8. The highest BCUT2D eigenvalue weighted by atomic mass is 32.2. The van der Waals surface area contributed by atoms with Crippen LogP contribution in [0.25, 0.3) is 0 Å². The number of methoxy groups -OCH3 is 2. The molecule has 0 atom stereocenters. The van der Waals surface area contributed by atoms with Crippen LogP contribution >= 0.6 is 0 Å². The average Bonchev–Trinajstić information content (AvgIpc) is 2.91. The number of hydrogen-bond acceptors (Lipinski definition) is 6. The Morgan fingerprint density at radius 3 is 2.41 bits per heavy atom. The molecular weight excluding hydrogens is 396 g/mol.